The molecule has 3 aromatic heterocycles. The molecule has 47 heavy (non-hydrogen) atoms. The number of nitrogens with one attached hydrogen (secondary N) is 1. The minimum absolute atomic E-state index is 0.127. The van der Waals surface area contributed by atoms with Gasteiger partial charge in [-0.05, 0) is 74.0 Å². The Bertz CT molecular complexity index is 1990. The van der Waals surface area contributed by atoms with Gasteiger partial charge in [-0.25, -0.2) is 9.97 Å². The Morgan fingerprint density at radius 1 is 1.00 bits per heavy atom. The monoisotopic (exact) mass is 647 g/mol. The van der Waals surface area contributed by atoms with Gasteiger partial charge in [0.2, 0.25) is 5.91 Å². The molecule has 2 aliphatic rings. The molecule has 0 unspecified atom stereocenters. The molecule has 0 saturated carbocycles. The van der Waals surface area contributed by atoms with Crippen LogP contribution in [0.15, 0.2) is 60.9 Å². The first kappa shape index (κ1) is 30.9. The van der Waals surface area contributed by atoms with Crippen LogP contribution in [0.2, 0.25) is 0 Å². The van der Waals surface area contributed by atoms with E-state index in [0.29, 0.717) is 45.1 Å². The van der Waals surface area contributed by atoms with E-state index in [1.807, 2.05) is 36.2 Å². The Kier molecular flexibility index (Phi) is 8.21. The van der Waals surface area contributed by atoms with Gasteiger partial charge in [0.15, 0.2) is 5.82 Å². The van der Waals surface area contributed by atoms with E-state index in [1.54, 1.807) is 17.5 Å². The zero-order valence-electron chi connectivity index (χ0n) is 26.9. The van der Waals surface area contributed by atoms with Crippen molar-refractivity contribution in [2.45, 2.75) is 33.5 Å². The number of anilines is 2. The molecule has 0 radical (unpaired) electrons. The molecule has 7 rings (SSSR count). The lowest BCUT2D eigenvalue weighted by Crippen LogP contribution is -2.49. The van der Waals surface area contributed by atoms with E-state index in [2.05, 4.69) is 71.5 Å². The van der Waals surface area contributed by atoms with Crippen molar-refractivity contribution in [3.63, 3.8) is 0 Å². The number of carbonyl (C=O) groups excluding carboxylic acids is 1. The van der Waals surface area contributed by atoms with Crippen molar-refractivity contribution in [3.8, 4) is 21.7 Å². The fourth-order valence-electron chi connectivity index (χ4n) is 6.45. The number of amides is 1. The molecule has 2 aromatic carbocycles. The summed E-state index contributed by atoms with van der Waals surface area (Å²) in [5.74, 6) is -0.196. The maximum atomic E-state index is 12.6. The lowest BCUT2D eigenvalue weighted by Gasteiger charge is -2.36. The lowest BCUT2D eigenvalue weighted by atomic mass is 9.93. The van der Waals surface area contributed by atoms with E-state index >= 15 is 0 Å². The van der Waals surface area contributed by atoms with Gasteiger partial charge in [-0.3, -0.25) is 19.5 Å². The smallest absolute Gasteiger partial charge is 0.309 e. The molecule has 5 aromatic rings. The van der Waals surface area contributed by atoms with E-state index < -0.39 is 5.97 Å². The maximum Gasteiger partial charge on any atom is 0.309 e. The SMILES string of the molecule is Cc1c(Nc2nccc3cc(CN4CC(C(=O)O)C4)cnc23)cccc1-c1cccc(-c2nc3c(s2)CN(C(=O)CN(C)C)C3)c1C. The molecule has 0 aliphatic carbocycles. The highest BCUT2D eigenvalue weighted by molar-refractivity contribution is 7.15. The fraction of sp³-hybridized carbons (Fsp3) is 0.306. The first-order valence-corrected chi connectivity index (χ1v) is 16.5. The lowest BCUT2D eigenvalue weighted by molar-refractivity contribution is -0.147. The number of benzene rings is 2. The number of aromatic nitrogens is 3. The number of carboxylic acid groups (broad SMARTS) is 1. The van der Waals surface area contributed by atoms with Gasteiger partial charge in [-0.2, -0.15) is 0 Å². The molecule has 240 valence electrons. The van der Waals surface area contributed by atoms with Crippen LogP contribution in [0.25, 0.3) is 32.6 Å². The molecule has 1 amide bonds. The number of thiazole rings is 1. The molecule has 10 nitrogen and oxygen atoms in total. The van der Waals surface area contributed by atoms with Crippen LogP contribution in [0.3, 0.4) is 0 Å². The summed E-state index contributed by atoms with van der Waals surface area (Å²) in [5.41, 5.74) is 9.43. The van der Waals surface area contributed by atoms with Crippen LogP contribution < -0.4 is 5.32 Å². The Balaban J connectivity index is 1.11. The van der Waals surface area contributed by atoms with Crippen molar-refractivity contribution < 1.29 is 14.7 Å². The number of pyridine rings is 2. The summed E-state index contributed by atoms with van der Waals surface area (Å²) in [6, 6.07) is 16.7. The molecule has 0 atom stereocenters. The van der Waals surface area contributed by atoms with Gasteiger partial charge in [0.1, 0.15) is 10.5 Å². The molecular weight excluding hydrogens is 611 g/mol. The summed E-state index contributed by atoms with van der Waals surface area (Å²) in [6.45, 7) is 7.67. The molecule has 2 N–H and O–H groups in total. The molecule has 0 bridgehead atoms. The van der Waals surface area contributed by atoms with Crippen molar-refractivity contribution in [1.29, 1.82) is 0 Å². The zero-order valence-corrected chi connectivity index (χ0v) is 27.8. The number of likely N-dealkylation sites (tertiary alicyclic amines) is 1. The number of fused-ring (bicyclic) bond motifs is 2. The quantitative estimate of drug-likeness (QED) is 0.208. The van der Waals surface area contributed by atoms with Gasteiger partial charge in [-0.1, -0.05) is 30.3 Å². The molecule has 2 aliphatic heterocycles. The molecule has 1 fully saturated rings. The summed E-state index contributed by atoms with van der Waals surface area (Å²) in [7, 11) is 3.82. The van der Waals surface area contributed by atoms with Gasteiger partial charge >= 0.3 is 5.97 Å². The third-order valence-corrected chi connectivity index (χ3v) is 10.2. The fourth-order valence-corrected chi connectivity index (χ4v) is 7.62. The summed E-state index contributed by atoms with van der Waals surface area (Å²) in [6.07, 6.45) is 3.64. The van der Waals surface area contributed by atoms with Crippen LogP contribution in [0.4, 0.5) is 11.5 Å². The average Bonchev–Trinajstić information content (AvgIpc) is 3.60. The van der Waals surface area contributed by atoms with Gasteiger partial charge in [0, 0.05) is 53.5 Å². The maximum absolute atomic E-state index is 12.6. The normalized spacial score (nSPS) is 14.9. The molecule has 1 saturated heterocycles. The number of rotatable bonds is 9. The van der Waals surface area contributed by atoms with Crippen molar-refractivity contribution in [3.05, 3.63) is 88.2 Å². The number of hydrogen-bond acceptors (Lipinski definition) is 9. The van der Waals surface area contributed by atoms with Crippen molar-refractivity contribution >= 4 is 45.6 Å². The Morgan fingerprint density at radius 3 is 2.49 bits per heavy atom. The number of hydrogen-bond donors (Lipinski definition) is 2. The van der Waals surface area contributed by atoms with E-state index in [9.17, 15) is 14.7 Å². The van der Waals surface area contributed by atoms with Gasteiger partial charge < -0.3 is 20.2 Å². The third kappa shape index (κ3) is 6.09. The standard InChI is InChI=1S/C36H37N7O3S/c1-21-26(7-5-9-28(21)35-40-30-18-43(19-31(30)47-35)32(44)20-41(3)4)27-8-6-10-29(22(27)2)39-34-33-24(11-12-37-34)13-23(14-38-33)15-42-16-25(17-42)36(45)46/h5-14,25H,15-20H2,1-4H3,(H,37,39)(H,45,46). The van der Waals surface area contributed by atoms with Gasteiger partial charge in [-0.15, -0.1) is 11.3 Å². The number of nitrogens with zero attached hydrogens (tertiary/aromatic N) is 6. The minimum Gasteiger partial charge on any atom is -0.481 e. The molecular formula is C36H37N7O3S. The summed E-state index contributed by atoms with van der Waals surface area (Å²) < 4.78 is 0. The van der Waals surface area contributed by atoms with Crippen molar-refractivity contribution in [2.75, 3.05) is 39.0 Å². The second-order valence-corrected chi connectivity index (χ2v) is 13.8. The second kappa shape index (κ2) is 12.5. The Morgan fingerprint density at radius 2 is 1.74 bits per heavy atom. The number of likely N-dealkylation sites (N-methyl/N-ethyl adjacent to an activating group) is 1. The molecule has 11 heteroatoms. The van der Waals surface area contributed by atoms with E-state index in [1.165, 1.54) is 0 Å². The number of carbonyl (C=O) groups is 2. The molecule has 5 heterocycles. The highest BCUT2D eigenvalue weighted by Gasteiger charge is 2.32. The van der Waals surface area contributed by atoms with Gasteiger partial charge in [0.05, 0.1) is 31.2 Å². The Hall–Kier alpha value is -4.71. The second-order valence-electron chi connectivity index (χ2n) is 12.8. The predicted octanol–water partition coefficient (Wildman–Crippen LogP) is 5.70. The van der Waals surface area contributed by atoms with E-state index in [4.69, 9.17) is 9.97 Å². The predicted molar refractivity (Wildman–Crippen MR) is 184 cm³/mol. The highest BCUT2D eigenvalue weighted by atomic mass is 32.1. The topological polar surface area (TPSA) is 115 Å². The first-order chi connectivity index (χ1) is 22.6. The van der Waals surface area contributed by atoms with E-state index in [0.717, 1.165) is 65.5 Å². The third-order valence-electron chi connectivity index (χ3n) is 9.07. The van der Waals surface area contributed by atoms with Crippen molar-refractivity contribution in [1.82, 2.24) is 29.7 Å². The van der Waals surface area contributed by atoms with Crippen molar-refractivity contribution in [2.24, 2.45) is 5.92 Å². The first-order valence-electron chi connectivity index (χ1n) is 15.7. The van der Waals surface area contributed by atoms with Gasteiger partial charge in [0.25, 0.3) is 0 Å². The summed E-state index contributed by atoms with van der Waals surface area (Å²) in [4.78, 5) is 45.2. The zero-order chi connectivity index (χ0) is 32.8. The number of carboxylic acids is 1. The van der Waals surface area contributed by atoms with Crippen LogP contribution in [-0.4, -0.2) is 80.4 Å². The largest absolute Gasteiger partial charge is 0.481 e. The Labute approximate surface area is 277 Å². The number of aliphatic carboxylic acids is 1. The van der Waals surface area contributed by atoms with Crippen LogP contribution >= 0.6 is 11.3 Å². The summed E-state index contributed by atoms with van der Waals surface area (Å²) >= 11 is 1.68. The van der Waals surface area contributed by atoms with Crippen LogP contribution in [0, 0.1) is 19.8 Å². The average molecular weight is 648 g/mol. The molecule has 0 spiro atoms. The van der Waals surface area contributed by atoms with Crippen LogP contribution in [0.1, 0.15) is 27.3 Å². The minimum atomic E-state index is -0.730. The van der Waals surface area contributed by atoms with E-state index in [-0.39, 0.29) is 11.8 Å². The van der Waals surface area contributed by atoms with Crippen LogP contribution in [0.5, 0.6) is 0 Å². The summed E-state index contributed by atoms with van der Waals surface area (Å²) in [5, 5.41) is 14.7. The highest BCUT2D eigenvalue weighted by Crippen LogP contribution is 2.40. The van der Waals surface area contributed by atoms with Crippen LogP contribution in [-0.2, 0) is 29.2 Å².